The van der Waals surface area contributed by atoms with Crippen LogP contribution in [0.2, 0.25) is 0 Å². The standard InChI is InChI=1S/C13H17FN4/c1-3-16-12(10-7-11(14)9-15-8-10)13-17-5-6-18(13)4-2/h5-9,12,16H,3-4H2,1-2H3. The van der Waals surface area contributed by atoms with E-state index in [9.17, 15) is 4.39 Å². The third kappa shape index (κ3) is 2.56. The van der Waals surface area contributed by atoms with Crippen LogP contribution in [0.1, 0.15) is 31.3 Å². The molecular weight excluding hydrogens is 231 g/mol. The normalized spacial score (nSPS) is 12.6. The van der Waals surface area contributed by atoms with E-state index in [4.69, 9.17) is 0 Å². The Morgan fingerprint density at radius 3 is 2.89 bits per heavy atom. The van der Waals surface area contributed by atoms with Crippen LogP contribution in [0.15, 0.2) is 30.9 Å². The summed E-state index contributed by atoms with van der Waals surface area (Å²) < 4.78 is 15.3. The molecule has 0 aliphatic heterocycles. The lowest BCUT2D eigenvalue weighted by Crippen LogP contribution is -2.25. The van der Waals surface area contributed by atoms with Gasteiger partial charge in [0.15, 0.2) is 0 Å². The smallest absolute Gasteiger partial charge is 0.141 e. The zero-order valence-electron chi connectivity index (χ0n) is 10.6. The summed E-state index contributed by atoms with van der Waals surface area (Å²) in [4.78, 5) is 8.26. The van der Waals surface area contributed by atoms with Crippen molar-refractivity contribution < 1.29 is 4.39 Å². The van der Waals surface area contributed by atoms with Gasteiger partial charge in [-0.3, -0.25) is 4.98 Å². The summed E-state index contributed by atoms with van der Waals surface area (Å²) in [6.07, 6.45) is 6.56. The highest BCUT2D eigenvalue weighted by Gasteiger charge is 2.18. The van der Waals surface area contributed by atoms with Gasteiger partial charge in [-0.15, -0.1) is 0 Å². The largest absolute Gasteiger partial charge is 0.334 e. The first kappa shape index (κ1) is 12.7. The molecule has 0 saturated carbocycles. The van der Waals surface area contributed by atoms with E-state index in [-0.39, 0.29) is 11.9 Å². The Kier molecular flexibility index (Phi) is 4.04. The molecule has 0 saturated heterocycles. The van der Waals surface area contributed by atoms with Crippen molar-refractivity contribution in [1.29, 1.82) is 0 Å². The Morgan fingerprint density at radius 1 is 1.39 bits per heavy atom. The topological polar surface area (TPSA) is 42.7 Å². The Hall–Kier alpha value is -1.75. The lowest BCUT2D eigenvalue weighted by atomic mass is 10.1. The maximum absolute atomic E-state index is 13.3. The van der Waals surface area contributed by atoms with Crippen LogP contribution in [0, 0.1) is 5.82 Å². The van der Waals surface area contributed by atoms with Gasteiger partial charge in [0.05, 0.1) is 12.2 Å². The predicted molar refractivity (Wildman–Crippen MR) is 67.6 cm³/mol. The summed E-state index contributed by atoms with van der Waals surface area (Å²) in [5.74, 6) is 0.553. The highest BCUT2D eigenvalue weighted by atomic mass is 19.1. The maximum Gasteiger partial charge on any atom is 0.141 e. The van der Waals surface area contributed by atoms with Crippen molar-refractivity contribution in [2.75, 3.05) is 6.54 Å². The van der Waals surface area contributed by atoms with Crippen LogP contribution in [0.3, 0.4) is 0 Å². The Bertz CT molecular complexity index is 509. The van der Waals surface area contributed by atoms with Crippen molar-refractivity contribution in [2.24, 2.45) is 0 Å². The summed E-state index contributed by atoms with van der Waals surface area (Å²) in [5, 5.41) is 3.31. The number of pyridine rings is 1. The number of nitrogens with zero attached hydrogens (tertiary/aromatic N) is 3. The molecule has 0 spiro atoms. The second-order valence-electron chi connectivity index (χ2n) is 4.00. The molecule has 1 N–H and O–H groups in total. The number of aryl methyl sites for hydroxylation is 1. The first-order valence-corrected chi connectivity index (χ1v) is 6.11. The molecule has 4 nitrogen and oxygen atoms in total. The quantitative estimate of drug-likeness (QED) is 0.881. The van der Waals surface area contributed by atoms with Crippen molar-refractivity contribution in [3.8, 4) is 0 Å². The summed E-state index contributed by atoms with van der Waals surface area (Å²) in [6, 6.07) is 1.36. The number of nitrogens with one attached hydrogen (secondary N) is 1. The molecule has 0 bridgehead atoms. The number of rotatable bonds is 5. The van der Waals surface area contributed by atoms with Crippen LogP contribution in [0.4, 0.5) is 4.39 Å². The minimum Gasteiger partial charge on any atom is -0.334 e. The van der Waals surface area contributed by atoms with E-state index in [1.165, 1.54) is 12.3 Å². The molecule has 2 aromatic rings. The molecule has 2 aromatic heterocycles. The monoisotopic (exact) mass is 248 g/mol. The molecule has 1 atom stereocenters. The van der Waals surface area contributed by atoms with Gasteiger partial charge in [0.2, 0.25) is 0 Å². The lowest BCUT2D eigenvalue weighted by molar-refractivity contribution is 0.549. The average Bonchev–Trinajstić information content (AvgIpc) is 2.84. The molecule has 0 radical (unpaired) electrons. The van der Waals surface area contributed by atoms with Gasteiger partial charge < -0.3 is 9.88 Å². The lowest BCUT2D eigenvalue weighted by Gasteiger charge is -2.18. The number of halogens is 1. The van der Waals surface area contributed by atoms with Crippen LogP contribution in [0.25, 0.3) is 0 Å². The fourth-order valence-electron chi connectivity index (χ4n) is 2.00. The molecular formula is C13H17FN4. The van der Waals surface area contributed by atoms with Crippen LogP contribution < -0.4 is 5.32 Å². The summed E-state index contributed by atoms with van der Waals surface area (Å²) in [7, 11) is 0. The maximum atomic E-state index is 13.3. The van der Waals surface area contributed by atoms with E-state index in [1.807, 2.05) is 17.7 Å². The minimum absolute atomic E-state index is 0.131. The predicted octanol–water partition coefficient (Wildman–Crippen LogP) is 2.14. The summed E-state index contributed by atoms with van der Waals surface area (Å²) in [5.41, 5.74) is 0.790. The van der Waals surface area contributed by atoms with Gasteiger partial charge in [-0.2, -0.15) is 0 Å². The van der Waals surface area contributed by atoms with E-state index in [0.717, 1.165) is 24.5 Å². The number of aromatic nitrogens is 3. The molecule has 1 unspecified atom stereocenters. The second kappa shape index (κ2) is 5.73. The van der Waals surface area contributed by atoms with Gasteiger partial charge in [0.25, 0.3) is 0 Å². The van der Waals surface area contributed by atoms with Gasteiger partial charge in [-0.25, -0.2) is 9.37 Å². The Balaban J connectivity index is 2.39. The number of hydrogen-bond acceptors (Lipinski definition) is 3. The number of hydrogen-bond donors (Lipinski definition) is 1. The Morgan fingerprint density at radius 2 is 2.22 bits per heavy atom. The van der Waals surface area contributed by atoms with Crippen LogP contribution >= 0.6 is 0 Å². The van der Waals surface area contributed by atoms with Crippen molar-refractivity contribution >= 4 is 0 Å². The number of imidazole rings is 1. The molecule has 5 heteroatoms. The van der Waals surface area contributed by atoms with Crippen LogP contribution in [0.5, 0.6) is 0 Å². The van der Waals surface area contributed by atoms with Crippen molar-refractivity contribution in [3.05, 3.63) is 48.1 Å². The van der Waals surface area contributed by atoms with Crippen molar-refractivity contribution in [2.45, 2.75) is 26.4 Å². The van der Waals surface area contributed by atoms with E-state index in [0.29, 0.717) is 0 Å². The summed E-state index contributed by atoms with van der Waals surface area (Å²) >= 11 is 0. The molecule has 96 valence electrons. The van der Waals surface area contributed by atoms with Gasteiger partial charge in [-0.05, 0) is 25.1 Å². The molecule has 0 amide bonds. The van der Waals surface area contributed by atoms with Gasteiger partial charge in [0, 0.05) is 25.1 Å². The fraction of sp³-hybridized carbons (Fsp3) is 0.385. The van der Waals surface area contributed by atoms with Gasteiger partial charge >= 0.3 is 0 Å². The summed E-state index contributed by atoms with van der Waals surface area (Å²) in [6.45, 7) is 5.68. The van der Waals surface area contributed by atoms with E-state index in [1.54, 1.807) is 12.4 Å². The molecule has 0 aliphatic carbocycles. The third-order valence-electron chi connectivity index (χ3n) is 2.81. The average molecular weight is 248 g/mol. The molecule has 2 heterocycles. The van der Waals surface area contributed by atoms with Gasteiger partial charge in [-0.1, -0.05) is 6.92 Å². The van der Waals surface area contributed by atoms with Crippen molar-refractivity contribution in [1.82, 2.24) is 19.9 Å². The van der Waals surface area contributed by atoms with E-state index < -0.39 is 0 Å². The SMILES string of the molecule is CCNC(c1cncc(F)c1)c1nccn1CC. The third-order valence-corrected chi connectivity index (χ3v) is 2.81. The first-order valence-electron chi connectivity index (χ1n) is 6.11. The highest BCUT2D eigenvalue weighted by Crippen LogP contribution is 2.20. The molecule has 0 aromatic carbocycles. The zero-order chi connectivity index (χ0) is 13.0. The Labute approximate surface area is 106 Å². The molecule has 0 fully saturated rings. The molecule has 18 heavy (non-hydrogen) atoms. The first-order chi connectivity index (χ1) is 8.76. The highest BCUT2D eigenvalue weighted by molar-refractivity contribution is 5.22. The van der Waals surface area contributed by atoms with Crippen molar-refractivity contribution in [3.63, 3.8) is 0 Å². The molecule has 2 rings (SSSR count). The van der Waals surface area contributed by atoms with Crippen LogP contribution in [-0.2, 0) is 6.54 Å². The van der Waals surface area contributed by atoms with Crippen LogP contribution in [-0.4, -0.2) is 21.1 Å². The second-order valence-corrected chi connectivity index (χ2v) is 4.00. The minimum atomic E-state index is -0.329. The molecule has 0 aliphatic rings. The van der Waals surface area contributed by atoms with E-state index >= 15 is 0 Å². The van der Waals surface area contributed by atoms with E-state index in [2.05, 4.69) is 22.2 Å². The zero-order valence-corrected chi connectivity index (χ0v) is 10.6. The van der Waals surface area contributed by atoms with Gasteiger partial charge in [0.1, 0.15) is 11.6 Å². The fourth-order valence-corrected chi connectivity index (χ4v) is 2.00.